The molecule has 1 atom stereocenters. The Morgan fingerprint density at radius 2 is 2.04 bits per heavy atom. The molecule has 0 bridgehead atoms. The standard InChI is InChI=1S/C19H17FN4OS/c1-24-18-16(17(23-24)11-2-3-11)13(8-15(25)22-18)19-21-14(9-26-19)10-4-6-12(20)7-5-10/h4-7,9,11,13H,2-3,8H2,1H3,(H,22,25)/t13-/m0/s1. The van der Waals surface area contributed by atoms with Crippen LogP contribution in [-0.2, 0) is 11.8 Å². The number of carbonyl (C=O) groups is 1. The first-order valence-electron chi connectivity index (χ1n) is 8.68. The molecule has 0 unspecified atom stereocenters. The van der Waals surface area contributed by atoms with E-state index in [1.54, 1.807) is 28.2 Å². The minimum absolute atomic E-state index is 0.00798. The number of carbonyl (C=O) groups excluding carboxylic acids is 1. The number of thiazole rings is 1. The quantitative estimate of drug-likeness (QED) is 0.759. The molecule has 1 saturated carbocycles. The van der Waals surface area contributed by atoms with Crippen molar-refractivity contribution in [3.05, 3.63) is 51.7 Å². The number of nitrogens with one attached hydrogen (secondary N) is 1. The lowest BCUT2D eigenvalue weighted by Gasteiger charge is -2.22. The Morgan fingerprint density at radius 1 is 1.27 bits per heavy atom. The van der Waals surface area contributed by atoms with Crippen LogP contribution in [0.4, 0.5) is 10.2 Å². The molecule has 1 N–H and O–H groups in total. The second-order valence-electron chi connectivity index (χ2n) is 6.93. The van der Waals surface area contributed by atoms with E-state index in [0.717, 1.165) is 46.2 Å². The van der Waals surface area contributed by atoms with Gasteiger partial charge in [0.05, 0.1) is 17.3 Å². The van der Waals surface area contributed by atoms with Crippen LogP contribution in [0, 0.1) is 5.82 Å². The summed E-state index contributed by atoms with van der Waals surface area (Å²) in [6, 6.07) is 6.33. The maximum Gasteiger partial charge on any atom is 0.226 e. The zero-order valence-electron chi connectivity index (χ0n) is 14.2. The molecular weight excluding hydrogens is 351 g/mol. The van der Waals surface area contributed by atoms with E-state index in [9.17, 15) is 9.18 Å². The van der Waals surface area contributed by atoms with Crippen molar-refractivity contribution in [2.24, 2.45) is 7.05 Å². The maximum atomic E-state index is 13.2. The molecule has 0 spiro atoms. The van der Waals surface area contributed by atoms with Crippen molar-refractivity contribution in [1.82, 2.24) is 14.8 Å². The molecule has 1 aliphatic carbocycles. The summed E-state index contributed by atoms with van der Waals surface area (Å²) in [7, 11) is 1.87. The van der Waals surface area contributed by atoms with Crippen LogP contribution in [0.2, 0.25) is 0 Å². The molecule has 132 valence electrons. The zero-order chi connectivity index (χ0) is 17.8. The van der Waals surface area contributed by atoms with Crippen LogP contribution in [0.15, 0.2) is 29.6 Å². The largest absolute Gasteiger partial charge is 0.311 e. The number of aromatic nitrogens is 3. The molecule has 7 heteroatoms. The summed E-state index contributed by atoms with van der Waals surface area (Å²) >= 11 is 1.55. The Morgan fingerprint density at radius 3 is 2.77 bits per heavy atom. The van der Waals surface area contributed by atoms with Gasteiger partial charge in [-0.2, -0.15) is 5.10 Å². The summed E-state index contributed by atoms with van der Waals surface area (Å²) in [6.07, 6.45) is 2.69. The third-order valence-electron chi connectivity index (χ3n) is 5.03. The average molecular weight is 368 g/mol. The number of benzene rings is 1. The Kier molecular flexibility index (Phi) is 3.46. The summed E-state index contributed by atoms with van der Waals surface area (Å²) in [5.74, 6) is 0.960. The normalized spacial score (nSPS) is 19.3. The number of anilines is 1. The van der Waals surface area contributed by atoms with Crippen LogP contribution in [0.1, 0.15) is 47.4 Å². The Balaban J connectivity index is 1.57. The molecule has 2 aliphatic rings. The van der Waals surface area contributed by atoms with E-state index >= 15 is 0 Å². The van der Waals surface area contributed by atoms with Crippen LogP contribution < -0.4 is 5.32 Å². The molecule has 1 fully saturated rings. The number of halogens is 1. The second-order valence-corrected chi connectivity index (χ2v) is 7.82. The third kappa shape index (κ3) is 2.54. The van der Waals surface area contributed by atoms with Gasteiger partial charge in [-0.1, -0.05) is 0 Å². The molecular formula is C19H17FN4OS. The van der Waals surface area contributed by atoms with E-state index in [1.165, 1.54) is 12.1 Å². The average Bonchev–Trinajstić information content (AvgIpc) is 3.26. The molecule has 1 amide bonds. The fraction of sp³-hybridized carbons (Fsp3) is 0.316. The number of rotatable bonds is 3. The van der Waals surface area contributed by atoms with Gasteiger partial charge in [0, 0.05) is 35.9 Å². The first kappa shape index (κ1) is 15.7. The van der Waals surface area contributed by atoms with E-state index in [0.29, 0.717) is 12.3 Å². The van der Waals surface area contributed by atoms with Crippen molar-refractivity contribution in [2.45, 2.75) is 31.1 Å². The smallest absolute Gasteiger partial charge is 0.226 e. The molecule has 5 rings (SSSR count). The van der Waals surface area contributed by atoms with Crippen molar-refractivity contribution in [3.8, 4) is 11.3 Å². The highest BCUT2D eigenvalue weighted by molar-refractivity contribution is 7.10. The van der Waals surface area contributed by atoms with E-state index < -0.39 is 0 Å². The number of hydrogen-bond donors (Lipinski definition) is 1. The Labute approximate surface area is 153 Å². The second kappa shape index (κ2) is 5.74. The molecule has 0 saturated heterocycles. The van der Waals surface area contributed by atoms with Gasteiger partial charge in [-0.05, 0) is 37.1 Å². The van der Waals surface area contributed by atoms with Gasteiger partial charge in [-0.3, -0.25) is 9.48 Å². The summed E-state index contributed by atoms with van der Waals surface area (Å²) in [5, 5.41) is 10.5. The molecule has 0 radical (unpaired) electrons. The van der Waals surface area contributed by atoms with Crippen LogP contribution >= 0.6 is 11.3 Å². The summed E-state index contributed by atoms with van der Waals surface area (Å²) < 4.78 is 14.9. The molecule has 26 heavy (non-hydrogen) atoms. The third-order valence-corrected chi connectivity index (χ3v) is 5.99. The predicted octanol–water partition coefficient (Wildman–Crippen LogP) is 4.03. The molecule has 2 aromatic heterocycles. The van der Waals surface area contributed by atoms with Crippen LogP contribution in [0.25, 0.3) is 11.3 Å². The van der Waals surface area contributed by atoms with Gasteiger partial charge >= 0.3 is 0 Å². The minimum Gasteiger partial charge on any atom is -0.311 e. The Bertz CT molecular complexity index is 1000. The van der Waals surface area contributed by atoms with E-state index in [1.807, 2.05) is 12.4 Å². The molecule has 5 nitrogen and oxygen atoms in total. The SMILES string of the molecule is Cn1nc(C2CC2)c2c1NC(=O)C[C@@H]2c1nc(-c2ccc(F)cc2)cs1. The number of amides is 1. The van der Waals surface area contributed by atoms with Crippen molar-refractivity contribution in [2.75, 3.05) is 5.32 Å². The van der Waals surface area contributed by atoms with Crippen molar-refractivity contribution >= 4 is 23.1 Å². The van der Waals surface area contributed by atoms with E-state index in [-0.39, 0.29) is 17.6 Å². The van der Waals surface area contributed by atoms with Gasteiger partial charge in [0.15, 0.2) is 0 Å². The monoisotopic (exact) mass is 368 g/mol. The number of hydrogen-bond acceptors (Lipinski definition) is 4. The van der Waals surface area contributed by atoms with Crippen LogP contribution in [0.5, 0.6) is 0 Å². The summed E-state index contributed by atoms with van der Waals surface area (Å²) in [6.45, 7) is 0. The predicted molar refractivity (Wildman–Crippen MR) is 97.8 cm³/mol. The molecule has 1 aromatic carbocycles. The van der Waals surface area contributed by atoms with Gasteiger partial charge in [-0.15, -0.1) is 11.3 Å². The molecule has 1 aliphatic heterocycles. The van der Waals surface area contributed by atoms with Crippen LogP contribution in [-0.4, -0.2) is 20.7 Å². The fourth-order valence-corrected chi connectivity index (χ4v) is 4.53. The van der Waals surface area contributed by atoms with Crippen molar-refractivity contribution in [1.29, 1.82) is 0 Å². The van der Waals surface area contributed by atoms with Gasteiger partial charge in [-0.25, -0.2) is 9.37 Å². The van der Waals surface area contributed by atoms with Gasteiger partial charge < -0.3 is 5.32 Å². The topological polar surface area (TPSA) is 59.8 Å². The lowest BCUT2D eigenvalue weighted by Crippen LogP contribution is -2.24. The first-order chi connectivity index (χ1) is 12.6. The van der Waals surface area contributed by atoms with Crippen molar-refractivity contribution in [3.63, 3.8) is 0 Å². The lowest BCUT2D eigenvalue weighted by atomic mass is 9.91. The molecule has 3 heterocycles. The highest BCUT2D eigenvalue weighted by Gasteiger charge is 2.39. The highest BCUT2D eigenvalue weighted by atomic mass is 32.1. The maximum absolute atomic E-state index is 13.2. The minimum atomic E-state index is -0.262. The van der Waals surface area contributed by atoms with Gasteiger partial charge in [0.1, 0.15) is 16.6 Å². The summed E-state index contributed by atoms with van der Waals surface area (Å²) in [4.78, 5) is 17.0. The highest BCUT2D eigenvalue weighted by Crippen LogP contribution is 2.48. The van der Waals surface area contributed by atoms with Gasteiger partial charge in [0.2, 0.25) is 5.91 Å². The first-order valence-corrected chi connectivity index (χ1v) is 9.56. The van der Waals surface area contributed by atoms with E-state index in [4.69, 9.17) is 4.98 Å². The van der Waals surface area contributed by atoms with E-state index in [2.05, 4.69) is 10.4 Å². The van der Waals surface area contributed by atoms with Crippen molar-refractivity contribution < 1.29 is 9.18 Å². The van der Waals surface area contributed by atoms with Crippen LogP contribution in [0.3, 0.4) is 0 Å². The van der Waals surface area contributed by atoms with Gasteiger partial charge in [0.25, 0.3) is 0 Å². The Hall–Kier alpha value is -2.54. The number of aryl methyl sites for hydroxylation is 1. The number of fused-ring (bicyclic) bond motifs is 1. The fourth-order valence-electron chi connectivity index (χ4n) is 3.59. The summed E-state index contributed by atoms with van der Waals surface area (Å²) in [5.41, 5.74) is 3.91. The molecule has 3 aromatic rings. The zero-order valence-corrected chi connectivity index (χ0v) is 15.0. The lowest BCUT2D eigenvalue weighted by molar-refractivity contribution is -0.116. The number of nitrogens with zero attached hydrogens (tertiary/aromatic N) is 3.